The monoisotopic (exact) mass is 209 g/mol. The summed E-state index contributed by atoms with van der Waals surface area (Å²) in [6.45, 7) is 0.265. The minimum Gasteiger partial charge on any atom is -0.341 e. The van der Waals surface area contributed by atoms with Gasteiger partial charge in [0.1, 0.15) is 0 Å². The number of amides is 2. The molecule has 2 N–H and O–H groups in total. The predicted molar refractivity (Wildman–Crippen MR) is 54.4 cm³/mol. The molecule has 0 heterocycles. The molecule has 0 bridgehead atoms. The number of hydrogen-bond donors (Lipinski definition) is 2. The summed E-state index contributed by atoms with van der Waals surface area (Å²) < 4.78 is 0. The van der Waals surface area contributed by atoms with E-state index >= 15 is 0 Å². The summed E-state index contributed by atoms with van der Waals surface area (Å²) in [5, 5.41) is 15.4. The molecule has 15 heavy (non-hydrogen) atoms. The topological polar surface area (TPSA) is 84.3 Å². The molecule has 0 atom stereocenters. The Labute approximate surface area is 86.4 Å². The van der Waals surface area contributed by atoms with Crippen LogP contribution in [0.5, 0.6) is 0 Å². The van der Waals surface area contributed by atoms with Gasteiger partial charge in [-0.05, 0) is 5.56 Å². The first-order chi connectivity index (χ1) is 7.13. The molecule has 6 nitrogen and oxygen atoms in total. The van der Waals surface area contributed by atoms with Crippen molar-refractivity contribution in [2.24, 2.45) is 0 Å². The molecule has 0 aliphatic carbocycles. The minimum absolute atomic E-state index is 0.0196. The normalized spacial score (nSPS) is 9.40. The molecule has 0 fully saturated rings. The second-order valence-corrected chi connectivity index (χ2v) is 2.86. The highest BCUT2D eigenvalue weighted by Crippen LogP contribution is 2.12. The van der Waals surface area contributed by atoms with Gasteiger partial charge in [0.2, 0.25) is 0 Å². The maximum Gasteiger partial charge on any atom is 0.314 e. The van der Waals surface area contributed by atoms with Gasteiger partial charge in [-0.15, -0.1) is 0 Å². The van der Waals surface area contributed by atoms with Gasteiger partial charge in [0.05, 0.1) is 4.92 Å². The molecule has 1 aromatic rings. The third kappa shape index (κ3) is 3.26. The lowest BCUT2D eigenvalue weighted by Gasteiger charge is -2.03. The second-order valence-electron chi connectivity index (χ2n) is 2.86. The Kier molecular flexibility index (Phi) is 3.61. The number of non-ortho nitro benzene ring substituents is 1. The first kappa shape index (κ1) is 11.0. The van der Waals surface area contributed by atoms with Crippen LogP contribution in [0.1, 0.15) is 5.56 Å². The Morgan fingerprint density at radius 1 is 1.53 bits per heavy atom. The minimum atomic E-state index is -0.469. The van der Waals surface area contributed by atoms with E-state index in [2.05, 4.69) is 10.6 Å². The van der Waals surface area contributed by atoms with Crippen molar-refractivity contribution in [1.82, 2.24) is 10.6 Å². The van der Waals surface area contributed by atoms with Crippen molar-refractivity contribution in [1.29, 1.82) is 0 Å². The van der Waals surface area contributed by atoms with Crippen LogP contribution in [0.4, 0.5) is 10.5 Å². The quantitative estimate of drug-likeness (QED) is 0.575. The summed E-state index contributed by atoms with van der Waals surface area (Å²) in [5.41, 5.74) is 0.707. The summed E-state index contributed by atoms with van der Waals surface area (Å²) in [6.07, 6.45) is 0. The summed E-state index contributed by atoms with van der Waals surface area (Å²) in [4.78, 5) is 20.8. The van der Waals surface area contributed by atoms with E-state index in [1.165, 1.54) is 19.2 Å². The van der Waals surface area contributed by atoms with Gasteiger partial charge >= 0.3 is 6.03 Å². The van der Waals surface area contributed by atoms with Crippen molar-refractivity contribution in [2.45, 2.75) is 6.54 Å². The molecule has 0 saturated carbocycles. The van der Waals surface area contributed by atoms with Gasteiger partial charge in [0.25, 0.3) is 5.69 Å². The van der Waals surface area contributed by atoms with Crippen LogP contribution < -0.4 is 10.6 Å². The molecular weight excluding hydrogens is 198 g/mol. The smallest absolute Gasteiger partial charge is 0.314 e. The first-order valence-electron chi connectivity index (χ1n) is 4.32. The molecule has 0 radical (unpaired) electrons. The zero-order valence-corrected chi connectivity index (χ0v) is 8.19. The average molecular weight is 209 g/mol. The highest BCUT2D eigenvalue weighted by Gasteiger charge is 2.05. The highest BCUT2D eigenvalue weighted by atomic mass is 16.6. The van der Waals surface area contributed by atoms with E-state index in [1.54, 1.807) is 12.1 Å². The number of nitro groups is 1. The number of rotatable bonds is 3. The molecule has 0 aromatic heterocycles. The molecule has 1 rings (SSSR count). The second kappa shape index (κ2) is 4.94. The van der Waals surface area contributed by atoms with Gasteiger partial charge in [-0.1, -0.05) is 12.1 Å². The van der Waals surface area contributed by atoms with E-state index in [1.807, 2.05) is 0 Å². The molecule has 0 aliphatic rings. The zero-order valence-electron chi connectivity index (χ0n) is 8.19. The van der Waals surface area contributed by atoms with Crippen molar-refractivity contribution >= 4 is 11.7 Å². The van der Waals surface area contributed by atoms with Crippen molar-refractivity contribution in [3.8, 4) is 0 Å². The fourth-order valence-electron chi connectivity index (χ4n) is 1.05. The predicted octanol–water partition coefficient (Wildman–Crippen LogP) is 1.02. The van der Waals surface area contributed by atoms with Crippen LogP contribution in [-0.2, 0) is 6.54 Å². The average Bonchev–Trinajstić information content (AvgIpc) is 2.26. The van der Waals surface area contributed by atoms with Crippen LogP contribution in [0.15, 0.2) is 24.3 Å². The molecule has 80 valence electrons. The van der Waals surface area contributed by atoms with E-state index in [0.29, 0.717) is 5.56 Å². The van der Waals surface area contributed by atoms with Gasteiger partial charge in [-0.2, -0.15) is 0 Å². The summed E-state index contributed by atoms with van der Waals surface area (Å²) in [5.74, 6) is 0. The molecule has 0 unspecified atom stereocenters. The first-order valence-corrected chi connectivity index (χ1v) is 4.32. The maximum atomic E-state index is 10.8. The largest absolute Gasteiger partial charge is 0.341 e. The molecule has 0 saturated heterocycles. The number of hydrogen-bond acceptors (Lipinski definition) is 3. The highest BCUT2D eigenvalue weighted by molar-refractivity contribution is 5.73. The standard InChI is InChI=1S/C9H11N3O3/c1-10-9(13)11-6-7-3-2-4-8(5-7)12(14)15/h2-5H,6H2,1H3,(H2,10,11,13). The van der Waals surface area contributed by atoms with Crippen molar-refractivity contribution in [2.75, 3.05) is 7.05 Å². The van der Waals surface area contributed by atoms with Crippen LogP contribution in [0.25, 0.3) is 0 Å². The number of carbonyl (C=O) groups is 1. The number of urea groups is 1. The number of nitrogens with zero attached hydrogens (tertiary/aromatic N) is 1. The maximum absolute atomic E-state index is 10.8. The van der Waals surface area contributed by atoms with E-state index in [-0.39, 0.29) is 18.3 Å². The Morgan fingerprint density at radius 2 is 2.27 bits per heavy atom. The lowest BCUT2D eigenvalue weighted by molar-refractivity contribution is -0.384. The molecular formula is C9H11N3O3. The fraction of sp³-hybridized carbons (Fsp3) is 0.222. The van der Waals surface area contributed by atoms with Gasteiger partial charge in [0, 0.05) is 25.7 Å². The van der Waals surface area contributed by atoms with E-state index in [9.17, 15) is 14.9 Å². The van der Waals surface area contributed by atoms with Crippen molar-refractivity contribution in [3.05, 3.63) is 39.9 Å². The van der Waals surface area contributed by atoms with Crippen LogP contribution in [0.2, 0.25) is 0 Å². The van der Waals surface area contributed by atoms with Crippen LogP contribution in [-0.4, -0.2) is 18.0 Å². The summed E-state index contributed by atoms with van der Waals surface area (Å²) >= 11 is 0. The fourth-order valence-corrected chi connectivity index (χ4v) is 1.05. The van der Waals surface area contributed by atoms with Gasteiger partial charge < -0.3 is 10.6 Å². The van der Waals surface area contributed by atoms with Crippen molar-refractivity contribution in [3.63, 3.8) is 0 Å². The van der Waals surface area contributed by atoms with E-state index in [0.717, 1.165) is 0 Å². The molecule has 1 aromatic carbocycles. The third-order valence-electron chi connectivity index (χ3n) is 1.80. The summed E-state index contributed by atoms with van der Waals surface area (Å²) in [7, 11) is 1.50. The molecule has 6 heteroatoms. The lowest BCUT2D eigenvalue weighted by atomic mass is 10.2. The number of nitrogens with one attached hydrogen (secondary N) is 2. The third-order valence-corrected chi connectivity index (χ3v) is 1.80. The van der Waals surface area contributed by atoms with Crippen LogP contribution in [0, 0.1) is 10.1 Å². The zero-order chi connectivity index (χ0) is 11.3. The van der Waals surface area contributed by atoms with E-state index in [4.69, 9.17) is 0 Å². The number of carbonyl (C=O) groups excluding carboxylic acids is 1. The number of nitro benzene ring substituents is 1. The van der Waals surface area contributed by atoms with E-state index < -0.39 is 4.92 Å². The molecule has 0 spiro atoms. The van der Waals surface area contributed by atoms with Crippen LogP contribution >= 0.6 is 0 Å². The molecule has 0 aliphatic heterocycles. The Morgan fingerprint density at radius 3 is 2.87 bits per heavy atom. The number of benzene rings is 1. The SMILES string of the molecule is CNC(=O)NCc1cccc([N+](=O)[O-])c1. The lowest BCUT2D eigenvalue weighted by Crippen LogP contribution is -2.32. The summed E-state index contributed by atoms with van der Waals surface area (Å²) in [6, 6.07) is 5.81. The van der Waals surface area contributed by atoms with Gasteiger partial charge in [-0.3, -0.25) is 10.1 Å². The Balaban J connectivity index is 2.66. The van der Waals surface area contributed by atoms with Gasteiger partial charge in [0.15, 0.2) is 0 Å². The van der Waals surface area contributed by atoms with Gasteiger partial charge in [-0.25, -0.2) is 4.79 Å². The Hall–Kier alpha value is -2.11. The van der Waals surface area contributed by atoms with Crippen molar-refractivity contribution < 1.29 is 9.72 Å². The Bertz CT molecular complexity index is 379. The molecule has 2 amide bonds. The van der Waals surface area contributed by atoms with Crippen LogP contribution in [0.3, 0.4) is 0 Å².